The number of hydrogen-bond donors (Lipinski definition) is 1. The molecule has 36 heavy (non-hydrogen) atoms. The second-order valence-electron chi connectivity index (χ2n) is 8.64. The Hall–Kier alpha value is -2.72. The third-order valence-electron chi connectivity index (χ3n) is 6.12. The van der Waals surface area contributed by atoms with E-state index in [9.17, 15) is 9.35 Å². The van der Waals surface area contributed by atoms with Gasteiger partial charge >= 0.3 is 0 Å². The highest BCUT2D eigenvalue weighted by Crippen LogP contribution is 2.25. The SMILES string of the molecule is COc1ccc(-c2nc(C[S+]([O-])CC(=O)NCCN3CCN(c4cccc(Cl)c4)CC3)c(C)o2)cc1. The van der Waals surface area contributed by atoms with Crippen molar-refractivity contribution >= 4 is 34.4 Å². The van der Waals surface area contributed by atoms with Crippen LogP contribution in [0.2, 0.25) is 5.02 Å². The maximum atomic E-state index is 12.6. The number of hydrogen-bond acceptors (Lipinski definition) is 7. The molecule has 1 aliphatic rings. The summed E-state index contributed by atoms with van der Waals surface area (Å²) >= 11 is 4.72. The van der Waals surface area contributed by atoms with Crippen molar-refractivity contribution in [2.24, 2.45) is 0 Å². The number of aryl methyl sites for hydroxylation is 1. The van der Waals surface area contributed by atoms with Crippen molar-refractivity contribution in [3.63, 3.8) is 0 Å². The Kier molecular flexibility index (Phi) is 9.14. The Labute approximate surface area is 219 Å². The Morgan fingerprint density at radius 1 is 1.19 bits per heavy atom. The highest BCUT2D eigenvalue weighted by molar-refractivity contribution is 7.91. The van der Waals surface area contributed by atoms with Crippen molar-refractivity contribution in [2.45, 2.75) is 12.7 Å². The maximum absolute atomic E-state index is 12.6. The number of amides is 1. The standard InChI is InChI=1S/C26H31ClN4O4S/c1-19-24(29-26(35-19)20-6-8-23(34-2)9-7-20)17-36(33)18-25(32)28-10-11-30-12-14-31(15-13-30)22-5-3-4-21(27)16-22/h3-9,16H,10-15,17-18H2,1-2H3,(H,28,32). The molecule has 8 nitrogen and oxygen atoms in total. The van der Waals surface area contributed by atoms with Crippen molar-refractivity contribution in [2.75, 3.05) is 57.0 Å². The molecule has 1 fully saturated rings. The van der Waals surface area contributed by atoms with Crippen LogP contribution >= 0.6 is 11.6 Å². The predicted octanol–water partition coefficient (Wildman–Crippen LogP) is 3.50. The molecule has 0 spiro atoms. The zero-order valence-electron chi connectivity index (χ0n) is 20.5. The fourth-order valence-electron chi connectivity index (χ4n) is 4.08. The largest absolute Gasteiger partial charge is 0.616 e. The lowest BCUT2D eigenvalue weighted by atomic mass is 10.2. The van der Waals surface area contributed by atoms with E-state index in [-0.39, 0.29) is 17.4 Å². The van der Waals surface area contributed by atoms with E-state index in [1.165, 1.54) is 0 Å². The van der Waals surface area contributed by atoms with Crippen LogP contribution in [0.3, 0.4) is 0 Å². The van der Waals surface area contributed by atoms with Gasteiger partial charge < -0.3 is 23.9 Å². The number of carbonyl (C=O) groups excluding carboxylic acids is 1. The average Bonchev–Trinajstić information content (AvgIpc) is 3.24. The maximum Gasteiger partial charge on any atom is 0.269 e. The number of nitrogens with one attached hydrogen (secondary N) is 1. The molecule has 0 aliphatic carbocycles. The summed E-state index contributed by atoms with van der Waals surface area (Å²) in [6.45, 7) is 6.72. The molecular formula is C26H31ClN4O4S. The van der Waals surface area contributed by atoms with Gasteiger partial charge in [0.1, 0.15) is 17.2 Å². The molecule has 0 bridgehead atoms. The number of aromatic nitrogens is 1. The van der Waals surface area contributed by atoms with E-state index in [0.717, 1.165) is 54.7 Å². The molecule has 4 rings (SSSR count). The molecule has 192 valence electrons. The molecular weight excluding hydrogens is 500 g/mol. The summed E-state index contributed by atoms with van der Waals surface area (Å²) in [5.74, 6) is 1.70. The average molecular weight is 531 g/mol. The molecule has 1 aliphatic heterocycles. The Morgan fingerprint density at radius 3 is 2.64 bits per heavy atom. The van der Waals surface area contributed by atoms with Crippen molar-refractivity contribution < 1.29 is 18.5 Å². The van der Waals surface area contributed by atoms with Gasteiger partial charge in [-0.25, -0.2) is 4.98 Å². The monoisotopic (exact) mass is 530 g/mol. The molecule has 1 amide bonds. The van der Waals surface area contributed by atoms with Crippen LogP contribution in [0.15, 0.2) is 52.9 Å². The van der Waals surface area contributed by atoms with Gasteiger partial charge in [-0.05, 0) is 60.6 Å². The number of oxazole rings is 1. The number of benzene rings is 2. The third kappa shape index (κ3) is 7.16. The van der Waals surface area contributed by atoms with Crippen molar-refractivity contribution in [1.29, 1.82) is 0 Å². The van der Waals surface area contributed by atoms with Gasteiger partial charge in [0.15, 0.2) is 11.5 Å². The molecule has 2 aromatic carbocycles. The number of piperazine rings is 1. The van der Waals surface area contributed by atoms with Gasteiger partial charge in [0, 0.05) is 55.5 Å². The summed E-state index contributed by atoms with van der Waals surface area (Å²) in [6, 6.07) is 15.3. The van der Waals surface area contributed by atoms with E-state index in [0.29, 0.717) is 23.9 Å². The van der Waals surface area contributed by atoms with E-state index < -0.39 is 11.2 Å². The summed E-state index contributed by atoms with van der Waals surface area (Å²) in [4.78, 5) is 21.4. The highest BCUT2D eigenvalue weighted by Gasteiger charge is 2.21. The minimum absolute atomic E-state index is 0.0628. The van der Waals surface area contributed by atoms with E-state index >= 15 is 0 Å². The molecule has 3 aromatic rings. The van der Waals surface area contributed by atoms with Crippen LogP contribution in [0.4, 0.5) is 5.69 Å². The van der Waals surface area contributed by atoms with Crippen LogP contribution in [0.1, 0.15) is 11.5 Å². The van der Waals surface area contributed by atoms with Crippen LogP contribution in [-0.4, -0.2) is 72.5 Å². The molecule has 0 radical (unpaired) electrons. The summed E-state index contributed by atoms with van der Waals surface area (Å²) in [5, 5.41) is 3.64. The van der Waals surface area contributed by atoms with Crippen molar-refractivity contribution in [3.05, 3.63) is 65.0 Å². The van der Waals surface area contributed by atoms with E-state index in [1.807, 2.05) is 42.5 Å². The van der Waals surface area contributed by atoms with Gasteiger partial charge in [-0.2, -0.15) is 0 Å². The number of anilines is 1. The summed E-state index contributed by atoms with van der Waals surface area (Å²) in [5.41, 5.74) is 2.54. The van der Waals surface area contributed by atoms with Gasteiger partial charge in [-0.3, -0.25) is 9.69 Å². The molecule has 1 N–H and O–H groups in total. The summed E-state index contributed by atoms with van der Waals surface area (Å²) < 4.78 is 23.5. The number of ether oxygens (including phenoxy) is 1. The molecule has 2 heterocycles. The van der Waals surface area contributed by atoms with Crippen LogP contribution < -0.4 is 15.0 Å². The zero-order valence-corrected chi connectivity index (χ0v) is 22.1. The van der Waals surface area contributed by atoms with Gasteiger partial charge in [-0.15, -0.1) is 0 Å². The Morgan fingerprint density at radius 2 is 1.94 bits per heavy atom. The predicted molar refractivity (Wildman–Crippen MR) is 143 cm³/mol. The first-order valence-electron chi connectivity index (χ1n) is 11.9. The van der Waals surface area contributed by atoms with Gasteiger partial charge in [0.2, 0.25) is 5.89 Å². The van der Waals surface area contributed by atoms with Crippen molar-refractivity contribution in [3.8, 4) is 17.2 Å². The molecule has 1 saturated heterocycles. The fraction of sp³-hybridized carbons (Fsp3) is 0.385. The number of methoxy groups -OCH3 is 1. The van der Waals surface area contributed by atoms with Crippen LogP contribution in [0, 0.1) is 6.92 Å². The van der Waals surface area contributed by atoms with E-state index in [2.05, 4.69) is 26.2 Å². The Bertz CT molecular complexity index is 1150. The molecule has 0 saturated carbocycles. The first kappa shape index (κ1) is 26.3. The van der Waals surface area contributed by atoms with E-state index in [1.54, 1.807) is 14.0 Å². The first-order valence-corrected chi connectivity index (χ1v) is 13.7. The third-order valence-corrected chi connectivity index (χ3v) is 7.53. The topological polar surface area (TPSA) is 93.9 Å². The van der Waals surface area contributed by atoms with Crippen LogP contribution in [-0.2, 0) is 21.7 Å². The molecule has 1 aromatic heterocycles. The minimum atomic E-state index is -1.38. The lowest BCUT2D eigenvalue weighted by Gasteiger charge is -2.36. The van der Waals surface area contributed by atoms with Crippen LogP contribution in [0.5, 0.6) is 5.75 Å². The van der Waals surface area contributed by atoms with Gasteiger partial charge in [0.05, 0.1) is 7.11 Å². The minimum Gasteiger partial charge on any atom is -0.616 e. The molecule has 1 unspecified atom stereocenters. The number of rotatable bonds is 10. The van der Waals surface area contributed by atoms with E-state index in [4.69, 9.17) is 20.8 Å². The second kappa shape index (κ2) is 12.5. The first-order chi connectivity index (χ1) is 17.4. The lowest BCUT2D eigenvalue weighted by molar-refractivity contribution is -0.118. The number of halogens is 1. The number of carbonyl (C=O) groups is 1. The Balaban J connectivity index is 1.17. The molecule has 10 heteroatoms. The zero-order chi connectivity index (χ0) is 25.5. The molecule has 1 atom stereocenters. The summed E-state index contributed by atoms with van der Waals surface area (Å²) in [6.07, 6.45) is 0. The van der Waals surface area contributed by atoms with Gasteiger partial charge in [-0.1, -0.05) is 17.7 Å². The highest BCUT2D eigenvalue weighted by atomic mass is 35.5. The number of nitrogens with zero attached hydrogens (tertiary/aromatic N) is 3. The summed E-state index contributed by atoms with van der Waals surface area (Å²) in [7, 11) is 1.61. The normalized spacial score (nSPS) is 15.1. The fourth-order valence-corrected chi connectivity index (χ4v) is 5.33. The van der Waals surface area contributed by atoms with Gasteiger partial charge in [0.25, 0.3) is 5.91 Å². The second-order valence-corrected chi connectivity index (χ2v) is 10.5. The quantitative estimate of drug-likeness (QED) is 0.401. The smallest absolute Gasteiger partial charge is 0.269 e. The van der Waals surface area contributed by atoms with Crippen molar-refractivity contribution in [1.82, 2.24) is 15.2 Å². The van der Waals surface area contributed by atoms with Crippen LogP contribution in [0.25, 0.3) is 11.5 Å². The lowest BCUT2D eigenvalue weighted by Crippen LogP contribution is -2.48.